The number of para-hydroxylation sites is 1. The summed E-state index contributed by atoms with van der Waals surface area (Å²) >= 11 is 0. The van der Waals surface area contributed by atoms with Crippen LogP contribution in [-0.4, -0.2) is 53.2 Å². The molecule has 0 radical (unpaired) electrons. The van der Waals surface area contributed by atoms with Gasteiger partial charge in [0, 0.05) is 25.5 Å². The lowest BCUT2D eigenvalue weighted by Gasteiger charge is -2.28. The van der Waals surface area contributed by atoms with E-state index in [0.717, 1.165) is 23.4 Å². The largest absolute Gasteiger partial charge is 0.490 e. The van der Waals surface area contributed by atoms with Gasteiger partial charge < -0.3 is 19.4 Å². The molecule has 0 bridgehead atoms. The van der Waals surface area contributed by atoms with E-state index in [-0.39, 0.29) is 5.91 Å². The minimum Gasteiger partial charge on any atom is -0.490 e. The zero-order valence-electron chi connectivity index (χ0n) is 14.1. The SMILES string of the molecule is CO[C@]1(COc2ccccc2C)CCN(C(=O)Cc2cnc[nH]2)C1. The third-order valence-electron chi connectivity index (χ3n) is 4.58. The predicted molar refractivity (Wildman–Crippen MR) is 89.9 cm³/mol. The summed E-state index contributed by atoms with van der Waals surface area (Å²) in [6.45, 7) is 3.67. The van der Waals surface area contributed by atoms with Gasteiger partial charge in [0.2, 0.25) is 5.91 Å². The number of carbonyl (C=O) groups excluding carboxylic acids is 1. The molecular formula is C18H23N3O3. The van der Waals surface area contributed by atoms with E-state index in [1.165, 1.54) is 0 Å². The number of aromatic nitrogens is 2. The first-order valence-electron chi connectivity index (χ1n) is 8.10. The molecule has 24 heavy (non-hydrogen) atoms. The normalized spacial score (nSPS) is 20.3. The maximum atomic E-state index is 12.4. The van der Waals surface area contributed by atoms with Crippen LogP contribution in [0.2, 0.25) is 0 Å². The van der Waals surface area contributed by atoms with Crippen LogP contribution in [0.25, 0.3) is 0 Å². The molecule has 1 aliphatic rings. The maximum Gasteiger partial charge on any atom is 0.228 e. The van der Waals surface area contributed by atoms with E-state index in [1.54, 1.807) is 19.6 Å². The van der Waals surface area contributed by atoms with E-state index in [4.69, 9.17) is 9.47 Å². The summed E-state index contributed by atoms with van der Waals surface area (Å²) in [7, 11) is 1.68. The number of amides is 1. The summed E-state index contributed by atoms with van der Waals surface area (Å²) in [5.41, 5.74) is 1.46. The van der Waals surface area contributed by atoms with Gasteiger partial charge in [0.15, 0.2) is 0 Å². The van der Waals surface area contributed by atoms with Crippen LogP contribution in [-0.2, 0) is 16.0 Å². The average Bonchev–Trinajstić information content (AvgIpc) is 3.24. The molecule has 2 heterocycles. The average molecular weight is 329 g/mol. The fourth-order valence-electron chi connectivity index (χ4n) is 2.98. The van der Waals surface area contributed by atoms with E-state index in [2.05, 4.69) is 9.97 Å². The first kappa shape index (κ1) is 16.5. The Labute approximate surface area is 141 Å². The highest BCUT2D eigenvalue weighted by molar-refractivity contribution is 5.78. The Kier molecular flexibility index (Phi) is 4.85. The van der Waals surface area contributed by atoms with Crippen molar-refractivity contribution in [3.63, 3.8) is 0 Å². The monoisotopic (exact) mass is 329 g/mol. The Bertz CT molecular complexity index is 687. The van der Waals surface area contributed by atoms with Crippen LogP contribution >= 0.6 is 0 Å². The van der Waals surface area contributed by atoms with Crippen LogP contribution < -0.4 is 4.74 Å². The lowest BCUT2D eigenvalue weighted by atomic mass is 10.0. The summed E-state index contributed by atoms with van der Waals surface area (Å²) < 4.78 is 11.7. The van der Waals surface area contributed by atoms with Crippen LogP contribution in [0.4, 0.5) is 0 Å². The molecule has 1 saturated heterocycles. The van der Waals surface area contributed by atoms with Gasteiger partial charge in [0.1, 0.15) is 18.0 Å². The van der Waals surface area contributed by atoms with Crippen LogP contribution in [0.1, 0.15) is 17.7 Å². The lowest BCUT2D eigenvalue weighted by molar-refractivity contribution is -0.131. The van der Waals surface area contributed by atoms with E-state index < -0.39 is 5.60 Å². The van der Waals surface area contributed by atoms with Crippen molar-refractivity contribution in [2.45, 2.75) is 25.4 Å². The Morgan fingerprint density at radius 1 is 1.42 bits per heavy atom. The van der Waals surface area contributed by atoms with E-state index in [0.29, 0.717) is 26.1 Å². The number of carbonyl (C=O) groups is 1. The Balaban J connectivity index is 1.60. The quantitative estimate of drug-likeness (QED) is 0.880. The number of rotatable bonds is 6. The van der Waals surface area contributed by atoms with E-state index in [9.17, 15) is 4.79 Å². The molecule has 0 unspecified atom stereocenters. The molecule has 0 spiro atoms. The van der Waals surface area contributed by atoms with Crippen molar-refractivity contribution >= 4 is 5.91 Å². The van der Waals surface area contributed by atoms with Crippen molar-refractivity contribution in [3.05, 3.63) is 48.0 Å². The van der Waals surface area contributed by atoms with Gasteiger partial charge >= 0.3 is 0 Å². The molecule has 0 aliphatic carbocycles. The number of imidazole rings is 1. The second-order valence-electron chi connectivity index (χ2n) is 6.26. The summed E-state index contributed by atoms with van der Waals surface area (Å²) in [6, 6.07) is 7.91. The summed E-state index contributed by atoms with van der Waals surface area (Å²) in [5.74, 6) is 0.935. The molecule has 3 rings (SSSR count). The highest BCUT2D eigenvalue weighted by Crippen LogP contribution is 2.27. The molecule has 1 amide bonds. The lowest BCUT2D eigenvalue weighted by Crippen LogP contribution is -2.42. The molecule has 6 heteroatoms. The van der Waals surface area contributed by atoms with E-state index >= 15 is 0 Å². The molecular weight excluding hydrogens is 306 g/mol. The topological polar surface area (TPSA) is 67.5 Å². The number of benzene rings is 1. The molecule has 1 N–H and O–H groups in total. The number of hydrogen-bond donors (Lipinski definition) is 1. The number of ether oxygens (including phenoxy) is 2. The summed E-state index contributed by atoms with van der Waals surface area (Å²) in [5, 5.41) is 0. The van der Waals surface area contributed by atoms with Gasteiger partial charge in [0.25, 0.3) is 0 Å². The summed E-state index contributed by atoms with van der Waals surface area (Å²) in [6.07, 6.45) is 4.36. The molecule has 6 nitrogen and oxygen atoms in total. The number of hydrogen-bond acceptors (Lipinski definition) is 4. The van der Waals surface area contributed by atoms with Crippen molar-refractivity contribution < 1.29 is 14.3 Å². The zero-order chi connectivity index (χ0) is 17.0. The van der Waals surface area contributed by atoms with Gasteiger partial charge in [0.05, 0.1) is 19.3 Å². The fourth-order valence-corrected chi connectivity index (χ4v) is 2.98. The molecule has 1 aliphatic heterocycles. The van der Waals surface area contributed by atoms with Crippen molar-refractivity contribution in [2.24, 2.45) is 0 Å². The fraction of sp³-hybridized carbons (Fsp3) is 0.444. The van der Waals surface area contributed by atoms with Gasteiger partial charge in [-0.05, 0) is 25.0 Å². The van der Waals surface area contributed by atoms with Crippen LogP contribution in [0.15, 0.2) is 36.8 Å². The van der Waals surface area contributed by atoms with Gasteiger partial charge in [-0.3, -0.25) is 4.79 Å². The number of likely N-dealkylation sites (tertiary alicyclic amines) is 1. The Morgan fingerprint density at radius 2 is 2.25 bits per heavy atom. The Morgan fingerprint density at radius 3 is 2.96 bits per heavy atom. The zero-order valence-corrected chi connectivity index (χ0v) is 14.1. The van der Waals surface area contributed by atoms with Crippen LogP contribution in [0.5, 0.6) is 5.75 Å². The molecule has 0 saturated carbocycles. The van der Waals surface area contributed by atoms with Gasteiger partial charge in [-0.2, -0.15) is 0 Å². The van der Waals surface area contributed by atoms with Gasteiger partial charge in [-0.25, -0.2) is 4.98 Å². The predicted octanol–water partition coefficient (Wildman–Crippen LogP) is 1.96. The minimum absolute atomic E-state index is 0.0778. The number of nitrogens with one attached hydrogen (secondary N) is 1. The molecule has 1 fully saturated rings. The molecule has 1 atom stereocenters. The highest BCUT2D eigenvalue weighted by Gasteiger charge is 2.41. The van der Waals surface area contributed by atoms with Crippen molar-refractivity contribution in [1.82, 2.24) is 14.9 Å². The number of aromatic amines is 1. The number of aryl methyl sites for hydroxylation is 1. The third kappa shape index (κ3) is 3.59. The molecule has 128 valence electrons. The van der Waals surface area contributed by atoms with Gasteiger partial charge in [-0.15, -0.1) is 0 Å². The van der Waals surface area contributed by atoms with Gasteiger partial charge in [-0.1, -0.05) is 18.2 Å². The maximum absolute atomic E-state index is 12.4. The molecule has 1 aromatic carbocycles. The van der Waals surface area contributed by atoms with Crippen molar-refractivity contribution in [1.29, 1.82) is 0 Å². The number of methoxy groups -OCH3 is 1. The second kappa shape index (κ2) is 7.05. The minimum atomic E-state index is -0.452. The molecule has 2 aromatic rings. The standard InChI is InChI=1S/C18H23N3O3/c1-14-5-3-4-6-16(14)24-12-18(23-2)7-8-21(11-18)17(22)9-15-10-19-13-20-15/h3-6,10,13H,7-9,11-12H2,1-2H3,(H,19,20)/t18-/m1/s1. The highest BCUT2D eigenvalue weighted by atomic mass is 16.5. The third-order valence-corrected chi connectivity index (χ3v) is 4.58. The molecule has 1 aromatic heterocycles. The van der Waals surface area contributed by atoms with Crippen LogP contribution in [0, 0.1) is 6.92 Å². The first-order valence-corrected chi connectivity index (χ1v) is 8.10. The Hall–Kier alpha value is -2.34. The summed E-state index contributed by atoms with van der Waals surface area (Å²) in [4.78, 5) is 21.2. The smallest absolute Gasteiger partial charge is 0.228 e. The van der Waals surface area contributed by atoms with E-state index in [1.807, 2.05) is 36.1 Å². The first-order chi connectivity index (χ1) is 11.6. The van der Waals surface area contributed by atoms with Crippen molar-refractivity contribution in [3.8, 4) is 5.75 Å². The van der Waals surface area contributed by atoms with Crippen LogP contribution in [0.3, 0.4) is 0 Å². The van der Waals surface area contributed by atoms with Crippen molar-refractivity contribution in [2.75, 3.05) is 26.8 Å². The second-order valence-corrected chi connectivity index (χ2v) is 6.26. The number of H-pyrrole nitrogens is 1. The number of nitrogens with zero attached hydrogens (tertiary/aromatic N) is 2.